The lowest BCUT2D eigenvalue weighted by Gasteiger charge is -2.08. The first-order chi connectivity index (χ1) is 8.70. The maximum atomic E-state index is 13.5. The molecule has 0 aliphatic heterocycles. The topological polar surface area (TPSA) is 39.2 Å². The minimum absolute atomic E-state index is 0.0246. The van der Waals surface area contributed by atoms with Crippen molar-refractivity contribution in [1.29, 1.82) is 0 Å². The molecule has 0 saturated heterocycles. The van der Waals surface area contributed by atoms with Crippen molar-refractivity contribution < 1.29 is 18.3 Å². The molecule has 0 radical (unpaired) electrons. The van der Waals surface area contributed by atoms with E-state index >= 15 is 0 Å². The summed E-state index contributed by atoms with van der Waals surface area (Å²) in [5, 5.41) is 0. The van der Waals surface area contributed by atoms with E-state index in [4.69, 9.17) is 4.74 Å². The summed E-state index contributed by atoms with van der Waals surface area (Å²) >= 11 is 0. The van der Waals surface area contributed by atoms with E-state index in [2.05, 4.69) is 4.98 Å². The highest BCUT2D eigenvalue weighted by Crippen LogP contribution is 2.23. The fourth-order valence-corrected chi connectivity index (χ4v) is 1.42. The van der Waals surface area contributed by atoms with Crippen molar-refractivity contribution in [1.82, 2.24) is 4.98 Å². The van der Waals surface area contributed by atoms with Gasteiger partial charge in [-0.25, -0.2) is 8.78 Å². The molecule has 0 unspecified atom stereocenters. The smallest absolute Gasteiger partial charge is 0.191 e. The molecule has 0 spiro atoms. The summed E-state index contributed by atoms with van der Waals surface area (Å²) in [6, 6.07) is 5.21. The Morgan fingerprint density at radius 3 is 2.33 bits per heavy atom. The van der Waals surface area contributed by atoms with Gasteiger partial charge in [0.05, 0.1) is 0 Å². The summed E-state index contributed by atoms with van der Waals surface area (Å²) < 4.78 is 32.0. The fraction of sp³-hybridized carbons (Fsp3) is 0.0769. The Morgan fingerprint density at radius 2 is 1.78 bits per heavy atom. The average Bonchev–Trinajstić information content (AvgIpc) is 2.38. The first-order valence-electron chi connectivity index (χ1n) is 5.16. The predicted octanol–water partition coefficient (Wildman–Crippen LogP) is 2.75. The standard InChI is InChI=1S/C13H9F2NO2/c14-11-5-10(7-17)6-12(15)13(11)18-8-9-1-3-16-4-2-9/h1-7H,8H2. The lowest BCUT2D eigenvalue weighted by molar-refractivity contribution is 0.112. The van der Waals surface area contributed by atoms with Crippen LogP contribution in [0.1, 0.15) is 15.9 Å². The molecule has 2 aromatic rings. The second-order valence-corrected chi connectivity index (χ2v) is 3.58. The number of carbonyl (C=O) groups excluding carboxylic acids is 1. The number of ether oxygens (including phenoxy) is 1. The monoisotopic (exact) mass is 249 g/mol. The first kappa shape index (κ1) is 12.2. The van der Waals surface area contributed by atoms with Gasteiger partial charge in [-0.3, -0.25) is 9.78 Å². The summed E-state index contributed by atoms with van der Waals surface area (Å²) in [5.41, 5.74) is 0.671. The van der Waals surface area contributed by atoms with Gasteiger partial charge in [0, 0.05) is 18.0 Å². The van der Waals surface area contributed by atoms with Crippen molar-refractivity contribution in [2.75, 3.05) is 0 Å². The van der Waals surface area contributed by atoms with Crippen LogP contribution < -0.4 is 4.74 Å². The number of carbonyl (C=O) groups is 1. The minimum atomic E-state index is -0.897. The van der Waals surface area contributed by atoms with Gasteiger partial charge < -0.3 is 4.74 Å². The van der Waals surface area contributed by atoms with Crippen LogP contribution in [0.2, 0.25) is 0 Å². The molecule has 3 nitrogen and oxygen atoms in total. The van der Waals surface area contributed by atoms with Crippen molar-refractivity contribution in [3.8, 4) is 5.75 Å². The van der Waals surface area contributed by atoms with E-state index < -0.39 is 17.4 Å². The van der Waals surface area contributed by atoms with Crippen LogP contribution in [0.4, 0.5) is 8.78 Å². The highest BCUT2D eigenvalue weighted by Gasteiger charge is 2.12. The number of aromatic nitrogens is 1. The number of aldehydes is 1. The van der Waals surface area contributed by atoms with Crippen LogP contribution in [0.3, 0.4) is 0 Å². The van der Waals surface area contributed by atoms with Crippen LogP contribution in [0.25, 0.3) is 0 Å². The van der Waals surface area contributed by atoms with Gasteiger partial charge in [-0.15, -0.1) is 0 Å². The van der Waals surface area contributed by atoms with Gasteiger partial charge >= 0.3 is 0 Å². The van der Waals surface area contributed by atoms with Crippen molar-refractivity contribution in [2.24, 2.45) is 0 Å². The lowest BCUT2D eigenvalue weighted by Crippen LogP contribution is -2.01. The average molecular weight is 249 g/mol. The first-order valence-corrected chi connectivity index (χ1v) is 5.16. The molecular formula is C13H9F2NO2. The quantitative estimate of drug-likeness (QED) is 0.782. The SMILES string of the molecule is O=Cc1cc(F)c(OCc2ccncc2)c(F)c1. The molecule has 0 aliphatic carbocycles. The Balaban J connectivity index is 2.17. The molecule has 0 saturated carbocycles. The van der Waals surface area contributed by atoms with E-state index in [0.717, 1.165) is 17.7 Å². The van der Waals surface area contributed by atoms with Crippen LogP contribution >= 0.6 is 0 Å². The van der Waals surface area contributed by atoms with Gasteiger partial charge in [0.25, 0.3) is 0 Å². The molecular weight excluding hydrogens is 240 g/mol. The number of halogens is 2. The van der Waals surface area contributed by atoms with Crippen LogP contribution in [-0.2, 0) is 6.61 Å². The van der Waals surface area contributed by atoms with Gasteiger partial charge in [0.15, 0.2) is 17.4 Å². The zero-order chi connectivity index (χ0) is 13.0. The van der Waals surface area contributed by atoms with Crippen LogP contribution in [0, 0.1) is 11.6 Å². The zero-order valence-corrected chi connectivity index (χ0v) is 9.27. The highest BCUT2D eigenvalue weighted by molar-refractivity contribution is 5.75. The molecule has 2 rings (SSSR count). The third kappa shape index (κ3) is 2.68. The second-order valence-electron chi connectivity index (χ2n) is 3.58. The van der Waals surface area contributed by atoms with Crippen molar-refractivity contribution in [3.05, 3.63) is 59.4 Å². The molecule has 5 heteroatoms. The molecule has 0 bridgehead atoms. The van der Waals surface area contributed by atoms with Crippen molar-refractivity contribution in [3.63, 3.8) is 0 Å². The van der Waals surface area contributed by atoms with Gasteiger partial charge in [0.2, 0.25) is 0 Å². The number of pyridine rings is 1. The van der Waals surface area contributed by atoms with E-state index in [1.54, 1.807) is 24.5 Å². The van der Waals surface area contributed by atoms with Gasteiger partial charge in [-0.2, -0.15) is 0 Å². The van der Waals surface area contributed by atoms with Crippen LogP contribution in [0.15, 0.2) is 36.7 Å². The Bertz CT molecular complexity index is 535. The summed E-state index contributed by atoms with van der Waals surface area (Å²) in [6.45, 7) is 0.0246. The maximum absolute atomic E-state index is 13.5. The van der Waals surface area contributed by atoms with Gasteiger partial charge in [-0.1, -0.05) is 0 Å². The molecule has 1 heterocycles. The van der Waals surface area contributed by atoms with E-state index in [9.17, 15) is 13.6 Å². The predicted molar refractivity (Wildman–Crippen MR) is 60.3 cm³/mol. The van der Waals surface area contributed by atoms with E-state index in [1.807, 2.05) is 0 Å². The van der Waals surface area contributed by atoms with Crippen LogP contribution in [-0.4, -0.2) is 11.3 Å². The summed E-state index contributed by atoms with van der Waals surface area (Å²) in [6.07, 6.45) is 3.49. The highest BCUT2D eigenvalue weighted by atomic mass is 19.1. The second kappa shape index (κ2) is 5.35. The molecule has 92 valence electrons. The third-order valence-corrected chi connectivity index (χ3v) is 2.29. The summed E-state index contributed by atoms with van der Waals surface area (Å²) in [7, 11) is 0. The number of benzene rings is 1. The summed E-state index contributed by atoms with van der Waals surface area (Å²) in [4.78, 5) is 14.2. The van der Waals surface area contributed by atoms with Crippen LogP contribution in [0.5, 0.6) is 5.75 Å². The fourth-order valence-electron chi connectivity index (χ4n) is 1.42. The Morgan fingerprint density at radius 1 is 1.17 bits per heavy atom. The van der Waals surface area contributed by atoms with E-state index in [-0.39, 0.29) is 12.2 Å². The molecule has 1 aromatic heterocycles. The van der Waals surface area contributed by atoms with E-state index in [1.165, 1.54) is 0 Å². The maximum Gasteiger partial charge on any atom is 0.191 e. The largest absolute Gasteiger partial charge is 0.483 e. The molecule has 1 aromatic carbocycles. The van der Waals surface area contributed by atoms with E-state index in [0.29, 0.717) is 6.29 Å². The molecule has 0 aliphatic rings. The number of hydrogen-bond donors (Lipinski definition) is 0. The lowest BCUT2D eigenvalue weighted by atomic mass is 10.2. The van der Waals surface area contributed by atoms with Crippen molar-refractivity contribution in [2.45, 2.75) is 6.61 Å². The molecule has 0 fully saturated rings. The Hall–Kier alpha value is -2.30. The third-order valence-electron chi connectivity index (χ3n) is 2.29. The molecule has 18 heavy (non-hydrogen) atoms. The van der Waals surface area contributed by atoms with Gasteiger partial charge in [0.1, 0.15) is 12.9 Å². The zero-order valence-electron chi connectivity index (χ0n) is 9.27. The molecule has 0 amide bonds. The summed E-state index contributed by atoms with van der Waals surface area (Å²) in [5.74, 6) is -2.28. The number of rotatable bonds is 4. The Kier molecular flexibility index (Phi) is 3.62. The normalized spacial score (nSPS) is 10.1. The minimum Gasteiger partial charge on any atom is -0.483 e. The number of hydrogen-bond acceptors (Lipinski definition) is 3. The number of nitrogens with zero attached hydrogens (tertiary/aromatic N) is 1. The van der Waals surface area contributed by atoms with Gasteiger partial charge in [-0.05, 0) is 29.8 Å². The molecule has 0 N–H and O–H groups in total. The molecule has 0 atom stereocenters. The Labute approximate surface area is 102 Å². The van der Waals surface area contributed by atoms with Crippen molar-refractivity contribution >= 4 is 6.29 Å².